The minimum atomic E-state index is 0.328. The Bertz CT molecular complexity index is 182. The summed E-state index contributed by atoms with van der Waals surface area (Å²) in [5.74, 6) is 0. The van der Waals surface area contributed by atoms with E-state index >= 15 is 0 Å². The Morgan fingerprint density at radius 3 is 2.00 bits per heavy atom. The fraction of sp³-hybridized carbons (Fsp3) is 0.909. The van der Waals surface area contributed by atoms with Gasteiger partial charge in [-0.3, -0.25) is 9.69 Å². The highest BCUT2D eigenvalue weighted by atomic mass is 16.1. The highest BCUT2D eigenvalue weighted by molar-refractivity contribution is 5.47. The lowest BCUT2D eigenvalue weighted by Gasteiger charge is -2.44. The van der Waals surface area contributed by atoms with Crippen molar-refractivity contribution in [3.05, 3.63) is 0 Å². The van der Waals surface area contributed by atoms with Crippen LogP contribution in [-0.2, 0) is 4.79 Å². The molecule has 1 aliphatic rings. The number of piperazine rings is 1. The van der Waals surface area contributed by atoms with Gasteiger partial charge >= 0.3 is 0 Å². The Hall–Kier alpha value is -0.570. The van der Waals surface area contributed by atoms with Gasteiger partial charge in [-0.2, -0.15) is 0 Å². The van der Waals surface area contributed by atoms with E-state index in [2.05, 4.69) is 25.7 Å². The van der Waals surface area contributed by atoms with E-state index in [0.717, 1.165) is 32.6 Å². The van der Waals surface area contributed by atoms with Crippen LogP contribution < -0.4 is 0 Å². The maximum absolute atomic E-state index is 10.6. The summed E-state index contributed by atoms with van der Waals surface area (Å²) in [6.07, 6.45) is 3.34. The van der Waals surface area contributed by atoms with E-state index in [1.807, 2.05) is 4.90 Å². The lowest BCUT2D eigenvalue weighted by atomic mass is 9.92. The number of nitrogens with zero attached hydrogens (tertiary/aromatic N) is 2. The van der Waals surface area contributed by atoms with Gasteiger partial charge in [0.2, 0.25) is 6.41 Å². The first-order valence-corrected chi connectivity index (χ1v) is 5.60. The molecule has 0 aromatic carbocycles. The standard InChI is InChI=1S/C11H22N2O/c1-4-11(3,5-2)13-8-6-12(10-14)7-9-13/h10H,4-9H2,1-3H3. The van der Waals surface area contributed by atoms with Gasteiger partial charge in [-0.25, -0.2) is 0 Å². The van der Waals surface area contributed by atoms with Gasteiger partial charge in [0.25, 0.3) is 0 Å². The largest absolute Gasteiger partial charge is 0.343 e. The van der Waals surface area contributed by atoms with Gasteiger partial charge < -0.3 is 4.90 Å². The van der Waals surface area contributed by atoms with Crippen LogP contribution in [0.25, 0.3) is 0 Å². The number of rotatable bonds is 4. The van der Waals surface area contributed by atoms with Gasteiger partial charge in [0.1, 0.15) is 0 Å². The summed E-state index contributed by atoms with van der Waals surface area (Å²) in [6.45, 7) is 10.6. The van der Waals surface area contributed by atoms with Crippen LogP contribution in [0.2, 0.25) is 0 Å². The number of carbonyl (C=O) groups excluding carboxylic acids is 1. The molecule has 0 N–H and O–H groups in total. The van der Waals surface area contributed by atoms with E-state index in [1.165, 1.54) is 12.8 Å². The van der Waals surface area contributed by atoms with Gasteiger partial charge in [-0.05, 0) is 19.8 Å². The summed E-state index contributed by atoms with van der Waals surface area (Å²) < 4.78 is 0. The van der Waals surface area contributed by atoms with Crippen LogP contribution in [0.3, 0.4) is 0 Å². The van der Waals surface area contributed by atoms with Crippen molar-refractivity contribution in [3.63, 3.8) is 0 Å². The Kier molecular flexibility index (Phi) is 3.93. The normalized spacial score (nSPS) is 19.8. The molecule has 3 heteroatoms. The molecule has 0 atom stereocenters. The SMILES string of the molecule is CCC(C)(CC)N1CCN(C=O)CC1. The number of amides is 1. The van der Waals surface area contributed by atoms with Crippen molar-refractivity contribution in [2.75, 3.05) is 26.2 Å². The van der Waals surface area contributed by atoms with E-state index in [4.69, 9.17) is 0 Å². The number of hydrogen-bond acceptors (Lipinski definition) is 2. The first-order valence-electron chi connectivity index (χ1n) is 5.60. The third kappa shape index (κ3) is 2.27. The number of hydrogen-bond donors (Lipinski definition) is 0. The fourth-order valence-corrected chi connectivity index (χ4v) is 2.06. The zero-order valence-corrected chi connectivity index (χ0v) is 9.62. The molecule has 14 heavy (non-hydrogen) atoms. The summed E-state index contributed by atoms with van der Waals surface area (Å²) in [5.41, 5.74) is 0.328. The Morgan fingerprint density at radius 1 is 1.14 bits per heavy atom. The molecule has 0 aromatic heterocycles. The molecule has 82 valence electrons. The lowest BCUT2D eigenvalue weighted by Crippen LogP contribution is -2.55. The molecular formula is C11H22N2O. The first kappa shape index (κ1) is 11.5. The van der Waals surface area contributed by atoms with E-state index < -0.39 is 0 Å². The second kappa shape index (κ2) is 4.78. The van der Waals surface area contributed by atoms with Crippen molar-refractivity contribution >= 4 is 6.41 Å². The molecule has 3 nitrogen and oxygen atoms in total. The molecule has 0 radical (unpaired) electrons. The molecule has 1 rings (SSSR count). The van der Waals surface area contributed by atoms with Gasteiger partial charge in [-0.1, -0.05) is 13.8 Å². The van der Waals surface area contributed by atoms with E-state index in [9.17, 15) is 4.79 Å². The van der Waals surface area contributed by atoms with Crippen molar-refractivity contribution in [2.45, 2.75) is 39.2 Å². The molecule has 0 aliphatic carbocycles. The molecule has 0 unspecified atom stereocenters. The second-order valence-corrected chi connectivity index (χ2v) is 4.33. The molecule has 1 heterocycles. The van der Waals surface area contributed by atoms with Gasteiger partial charge in [0.05, 0.1) is 0 Å². The molecule has 1 amide bonds. The summed E-state index contributed by atoms with van der Waals surface area (Å²) >= 11 is 0. The average molecular weight is 198 g/mol. The molecule has 1 fully saturated rings. The van der Waals surface area contributed by atoms with Gasteiger partial charge in [0, 0.05) is 31.7 Å². The predicted octanol–water partition coefficient (Wildman–Crippen LogP) is 1.34. The quantitative estimate of drug-likeness (QED) is 0.636. The zero-order chi connectivity index (χ0) is 10.6. The monoisotopic (exact) mass is 198 g/mol. The molecule has 1 aliphatic heterocycles. The Labute approximate surface area is 87.1 Å². The summed E-state index contributed by atoms with van der Waals surface area (Å²) in [5, 5.41) is 0. The molecule has 0 bridgehead atoms. The van der Waals surface area contributed by atoms with Crippen LogP contribution in [0.1, 0.15) is 33.6 Å². The van der Waals surface area contributed by atoms with Crippen molar-refractivity contribution in [3.8, 4) is 0 Å². The zero-order valence-electron chi connectivity index (χ0n) is 9.62. The highest BCUT2D eigenvalue weighted by Gasteiger charge is 2.30. The van der Waals surface area contributed by atoms with Crippen LogP contribution in [0.4, 0.5) is 0 Å². The molecule has 1 saturated heterocycles. The van der Waals surface area contributed by atoms with Crippen molar-refractivity contribution < 1.29 is 4.79 Å². The van der Waals surface area contributed by atoms with E-state index in [-0.39, 0.29) is 0 Å². The topological polar surface area (TPSA) is 23.6 Å². The third-order valence-corrected chi connectivity index (χ3v) is 3.75. The maximum Gasteiger partial charge on any atom is 0.209 e. The predicted molar refractivity (Wildman–Crippen MR) is 58.2 cm³/mol. The highest BCUT2D eigenvalue weighted by Crippen LogP contribution is 2.24. The fourth-order valence-electron chi connectivity index (χ4n) is 2.06. The van der Waals surface area contributed by atoms with Crippen LogP contribution in [0.15, 0.2) is 0 Å². The van der Waals surface area contributed by atoms with Gasteiger partial charge in [0.15, 0.2) is 0 Å². The second-order valence-electron chi connectivity index (χ2n) is 4.33. The molecular weight excluding hydrogens is 176 g/mol. The van der Waals surface area contributed by atoms with E-state index in [1.54, 1.807) is 0 Å². The average Bonchev–Trinajstić information content (AvgIpc) is 2.28. The molecule has 0 spiro atoms. The van der Waals surface area contributed by atoms with Crippen LogP contribution in [0, 0.1) is 0 Å². The Morgan fingerprint density at radius 2 is 1.64 bits per heavy atom. The van der Waals surface area contributed by atoms with Crippen molar-refractivity contribution in [1.82, 2.24) is 9.80 Å². The summed E-state index contributed by atoms with van der Waals surface area (Å²) in [6, 6.07) is 0. The number of carbonyl (C=O) groups is 1. The summed E-state index contributed by atoms with van der Waals surface area (Å²) in [4.78, 5) is 14.9. The summed E-state index contributed by atoms with van der Waals surface area (Å²) in [7, 11) is 0. The minimum Gasteiger partial charge on any atom is -0.343 e. The lowest BCUT2D eigenvalue weighted by molar-refractivity contribution is -0.120. The minimum absolute atomic E-state index is 0.328. The molecule has 0 aromatic rings. The third-order valence-electron chi connectivity index (χ3n) is 3.75. The smallest absolute Gasteiger partial charge is 0.209 e. The van der Waals surface area contributed by atoms with Crippen LogP contribution in [-0.4, -0.2) is 47.9 Å². The first-order chi connectivity index (χ1) is 6.66. The van der Waals surface area contributed by atoms with E-state index in [0.29, 0.717) is 5.54 Å². The van der Waals surface area contributed by atoms with Crippen molar-refractivity contribution in [1.29, 1.82) is 0 Å². The van der Waals surface area contributed by atoms with Crippen LogP contribution in [0.5, 0.6) is 0 Å². The van der Waals surface area contributed by atoms with Crippen LogP contribution >= 0.6 is 0 Å². The maximum atomic E-state index is 10.6. The van der Waals surface area contributed by atoms with Crippen molar-refractivity contribution in [2.24, 2.45) is 0 Å². The van der Waals surface area contributed by atoms with Gasteiger partial charge in [-0.15, -0.1) is 0 Å². The molecule has 0 saturated carbocycles. The Balaban J connectivity index is 2.51.